The van der Waals surface area contributed by atoms with E-state index in [1.165, 1.54) is 0 Å². The molecule has 0 fully saturated rings. The van der Waals surface area contributed by atoms with Gasteiger partial charge in [-0.05, 0) is 30.5 Å². The Morgan fingerprint density at radius 1 is 1.17 bits per heavy atom. The molecule has 0 aliphatic heterocycles. The summed E-state index contributed by atoms with van der Waals surface area (Å²) in [4.78, 5) is 24.2. The van der Waals surface area contributed by atoms with Crippen LogP contribution in [0.4, 0.5) is 8.78 Å². The van der Waals surface area contributed by atoms with Crippen molar-refractivity contribution in [2.75, 3.05) is 6.61 Å². The zero-order valence-electron chi connectivity index (χ0n) is 13.7. The molecule has 0 spiro atoms. The predicted molar refractivity (Wildman–Crippen MR) is 82.9 cm³/mol. The fourth-order valence-corrected chi connectivity index (χ4v) is 1.97. The molecule has 1 aromatic rings. The van der Waals surface area contributed by atoms with Crippen LogP contribution in [0.5, 0.6) is 0 Å². The van der Waals surface area contributed by atoms with Gasteiger partial charge < -0.3 is 10.1 Å². The second kappa shape index (κ2) is 9.22. The molecule has 1 unspecified atom stereocenters. The Hall–Kier alpha value is -1.98. The van der Waals surface area contributed by atoms with Crippen LogP contribution in [0.2, 0.25) is 0 Å². The van der Waals surface area contributed by atoms with E-state index < -0.39 is 29.6 Å². The number of hydrogen-bond acceptors (Lipinski definition) is 3. The third-order valence-electron chi connectivity index (χ3n) is 3.38. The summed E-state index contributed by atoms with van der Waals surface area (Å²) in [5.41, 5.74) is -0.0478. The highest BCUT2D eigenvalue weighted by molar-refractivity contribution is 5.96. The van der Waals surface area contributed by atoms with Crippen molar-refractivity contribution in [3.8, 4) is 0 Å². The molecule has 0 aliphatic rings. The number of rotatable bonds is 8. The molecular formula is C17H23F2NO3. The van der Waals surface area contributed by atoms with Crippen molar-refractivity contribution < 1.29 is 23.1 Å². The second-order valence-electron chi connectivity index (χ2n) is 5.70. The number of unbranched alkanes of at least 4 members (excludes halogenated alkanes) is 2. The molecule has 1 amide bonds. The van der Waals surface area contributed by atoms with Gasteiger partial charge >= 0.3 is 5.97 Å². The first-order chi connectivity index (χ1) is 10.9. The molecule has 0 saturated carbocycles. The topological polar surface area (TPSA) is 55.4 Å². The average Bonchev–Trinajstić information content (AvgIpc) is 2.51. The summed E-state index contributed by atoms with van der Waals surface area (Å²) in [6.07, 6.45) is 2.74. The van der Waals surface area contributed by atoms with Gasteiger partial charge in [0.25, 0.3) is 5.91 Å². The molecule has 23 heavy (non-hydrogen) atoms. The third kappa shape index (κ3) is 5.96. The summed E-state index contributed by atoms with van der Waals surface area (Å²) in [5.74, 6) is -3.50. The van der Waals surface area contributed by atoms with Crippen molar-refractivity contribution in [2.45, 2.75) is 46.1 Å². The van der Waals surface area contributed by atoms with E-state index in [1.54, 1.807) is 13.8 Å². The van der Waals surface area contributed by atoms with Crippen LogP contribution in [0.15, 0.2) is 18.2 Å². The van der Waals surface area contributed by atoms with E-state index in [4.69, 9.17) is 4.74 Å². The first-order valence-corrected chi connectivity index (χ1v) is 7.79. The number of nitrogens with one attached hydrogen (secondary N) is 1. The molecule has 1 aromatic carbocycles. The Kier molecular flexibility index (Phi) is 7.65. The van der Waals surface area contributed by atoms with Gasteiger partial charge in [-0.3, -0.25) is 4.79 Å². The SMILES string of the molecule is CCCCCOC(=O)C(NC(=O)c1ccc(F)c(F)c1)C(C)C. The van der Waals surface area contributed by atoms with Crippen LogP contribution in [0.3, 0.4) is 0 Å². The number of amides is 1. The second-order valence-corrected chi connectivity index (χ2v) is 5.70. The van der Waals surface area contributed by atoms with Gasteiger partial charge in [0.1, 0.15) is 6.04 Å². The van der Waals surface area contributed by atoms with Crippen molar-refractivity contribution in [3.63, 3.8) is 0 Å². The number of hydrogen-bond donors (Lipinski definition) is 1. The van der Waals surface area contributed by atoms with Crippen LogP contribution in [0, 0.1) is 17.6 Å². The molecule has 6 heteroatoms. The summed E-state index contributed by atoms with van der Waals surface area (Å²) < 4.78 is 31.2. The highest BCUT2D eigenvalue weighted by atomic mass is 19.2. The third-order valence-corrected chi connectivity index (χ3v) is 3.38. The van der Waals surface area contributed by atoms with Gasteiger partial charge in [-0.15, -0.1) is 0 Å². The number of carbonyl (C=O) groups is 2. The fourth-order valence-electron chi connectivity index (χ4n) is 1.97. The van der Waals surface area contributed by atoms with Gasteiger partial charge in [-0.1, -0.05) is 33.6 Å². The Balaban J connectivity index is 2.69. The maximum atomic E-state index is 13.2. The molecule has 128 valence electrons. The molecular weight excluding hydrogens is 304 g/mol. The van der Waals surface area contributed by atoms with E-state index in [1.807, 2.05) is 6.92 Å². The Bertz CT molecular complexity index is 547. The monoisotopic (exact) mass is 327 g/mol. The Morgan fingerprint density at radius 2 is 1.87 bits per heavy atom. The molecule has 0 heterocycles. The lowest BCUT2D eigenvalue weighted by atomic mass is 10.0. The lowest BCUT2D eigenvalue weighted by Crippen LogP contribution is -2.45. The minimum atomic E-state index is -1.11. The largest absolute Gasteiger partial charge is 0.464 e. The van der Waals surface area contributed by atoms with Crippen molar-refractivity contribution in [2.24, 2.45) is 5.92 Å². The van der Waals surface area contributed by atoms with Crippen LogP contribution >= 0.6 is 0 Å². The molecule has 1 N–H and O–H groups in total. The van der Waals surface area contributed by atoms with E-state index >= 15 is 0 Å². The smallest absolute Gasteiger partial charge is 0.328 e. The molecule has 0 radical (unpaired) electrons. The summed E-state index contributed by atoms with van der Waals surface area (Å²) in [5, 5.41) is 2.52. The molecule has 4 nitrogen and oxygen atoms in total. The van der Waals surface area contributed by atoms with E-state index in [9.17, 15) is 18.4 Å². The number of benzene rings is 1. The average molecular weight is 327 g/mol. The molecule has 1 rings (SSSR count). The van der Waals surface area contributed by atoms with E-state index in [-0.39, 0.29) is 11.5 Å². The van der Waals surface area contributed by atoms with Crippen molar-refractivity contribution >= 4 is 11.9 Å². The predicted octanol–water partition coefficient (Wildman–Crippen LogP) is 3.45. The maximum absolute atomic E-state index is 13.2. The van der Waals surface area contributed by atoms with Crippen LogP contribution in [-0.2, 0) is 9.53 Å². The minimum Gasteiger partial charge on any atom is -0.464 e. The van der Waals surface area contributed by atoms with E-state index in [0.717, 1.165) is 37.5 Å². The van der Waals surface area contributed by atoms with Gasteiger partial charge in [0.15, 0.2) is 11.6 Å². The minimum absolute atomic E-state index is 0.0478. The number of halogens is 2. The van der Waals surface area contributed by atoms with Crippen LogP contribution in [0.25, 0.3) is 0 Å². The first-order valence-electron chi connectivity index (χ1n) is 7.79. The van der Waals surface area contributed by atoms with Crippen LogP contribution in [0.1, 0.15) is 50.4 Å². The Labute approximate surface area is 135 Å². The highest BCUT2D eigenvalue weighted by Crippen LogP contribution is 2.11. The lowest BCUT2D eigenvalue weighted by Gasteiger charge is -2.21. The van der Waals surface area contributed by atoms with E-state index in [2.05, 4.69) is 5.32 Å². The van der Waals surface area contributed by atoms with Crippen molar-refractivity contribution in [3.05, 3.63) is 35.4 Å². The van der Waals surface area contributed by atoms with Gasteiger partial charge in [0.05, 0.1) is 6.61 Å². The normalized spacial score (nSPS) is 12.1. The van der Waals surface area contributed by atoms with Gasteiger partial charge in [0.2, 0.25) is 0 Å². The molecule has 0 aliphatic carbocycles. The standard InChI is InChI=1S/C17H23F2NO3/c1-4-5-6-9-23-17(22)15(11(2)3)20-16(21)12-7-8-13(18)14(19)10-12/h7-8,10-11,15H,4-6,9H2,1-3H3,(H,20,21). The number of ether oxygens (including phenoxy) is 1. The van der Waals surface area contributed by atoms with Gasteiger partial charge in [-0.25, -0.2) is 13.6 Å². The quantitative estimate of drug-likeness (QED) is 0.588. The number of carbonyl (C=O) groups excluding carboxylic acids is 2. The number of esters is 1. The zero-order valence-corrected chi connectivity index (χ0v) is 13.7. The molecule has 1 atom stereocenters. The van der Waals surface area contributed by atoms with Gasteiger partial charge in [0, 0.05) is 5.56 Å². The fraction of sp³-hybridized carbons (Fsp3) is 0.529. The van der Waals surface area contributed by atoms with Gasteiger partial charge in [-0.2, -0.15) is 0 Å². The molecule has 0 bridgehead atoms. The Morgan fingerprint density at radius 3 is 2.43 bits per heavy atom. The van der Waals surface area contributed by atoms with E-state index in [0.29, 0.717) is 6.61 Å². The van der Waals surface area contributed by atoms with Crippen molar-refractivity contribution in [1.82, 2.24) is 5.32 Å². The van der Waals surface area contributed by atoms with Crippen molar-refractivity contribution in [1.29, 1.82) is 0 Å². The lowest BCUT2D eigenvalue weighted by molar-refractivity contribution is -0.147. The maximum Gasteiger partial charge on any atom is 0.328 e. The summed E-state index contributed by atoms with van der Waals surface area (Å²) in [6.45, 7) is 5.88. The zero-order chi connectivity index (χ0) is 17.4. The summed E-state index contributed by atoms with van der Waals surface area (Å²) >= 11 is 0. The highest BCUT2D eigenvalue weighted by Gasteiger charge is 2.26. The summed E-state index contributed by atoms with van der Waals surface area (Å²) in [6, 6.07) is 2.00. The van der Waals surface area contributed by atoms with Crippen LogP contribution in [-0.4, -0.2) is 24.5 Å². The summed E-state index contributed by atoms with van der Waals surface area (Å²) in [7, 11) is 0. The molecule has 0 saturated heterocycles. The van der Waals surface area contributed by atoms with Crippen LogP contribution < -0.4 is 5.32 Å². The molecule has 0 aromatic heterocycles. The first kappa shape index (κ1) is 19.1.